The van der Waals surface area contributed by atoms with Crippen LogP contribution in [0, 0.1) is 0 Å². The molecule has 67 heavy (non-hydrogen) atoms. The van der Waals surface area contributed by atoms with Crippen LogP contribution in [0.3, 0.4) is 0 Å². The lowest BCUT2D eigenvalue weighted by atomic mass is 9.57. The normalized spacial score (nSPS) is 43.3. The van der Waals surface area contributed by atoms with Crippen LogP contribution in [0.5, 0.6) is 5.75 Å². The van der Waals surface area contributed by atoms with Crippen LogP contribution in [0.4, 0.5) is 0 Å². The average Bonchev–Trinajstić information content (AvgIpc) is 3.26. The van der Waals surface area contributed by atoms with Gasteiger partial charge >= 0.3 is 0 Å². The zero-order chi connectivity index (χ0) is 47.9. The van der Waals surface area contributed by atoms with Gasteiger partial charge in [-0.05, 0) is 90.8 Å². The number of carbonyl (C=O) groups excluding carboxylic acids is 5. The molecular weight excluding hydrogens is 877 g/mol. The summed E-state index contributed by atoms with van der Waals surface area (Å²) >= 11 is 0. The van der Waals surface area contributed by atoms with Crippen LogP contribution >= 0.6 is 0 Å². The Balaban J connectivity index is 0.843. The van der Waals surface area contributed by atoms with E-state index < -0.39 is 132 Å². The summed E-state index contributed by atoms with van der Waals surface area (Å²) in [6, 6.07) is 2.70. The van der Waals surface area contributed by atoms with Gasteiger partial charge in [0.05, 0.1) is 59.5 Å². The molecule has 4 fully saturated rings. The number of aromatic hydroxyl groups is 1. The van der Waals surface area contributed by atoms with E-state index in [-0.39, 0.29) is 52.8 Å². The molecule has 18 heteroatoms. The summed E-state index contributed by atoms with van der Waals surface area (Å²) in [5.41, 5.74) is -8.05. The Labute approximate surface area is 386 Å². The molecule has 3 aliphatic carbocycles. The molecule has 0 radical (unpaired) electrons. The number of phenolic OH excluding ortho intramolecular Hbond substituents is 1. The summed E-state index contributed by atoms with van der Waals surface area (Å²) in [4.78, 5) is 66.5. The fourth-order valence-corrected chi connectivity index (χ4v) is 10.7. The van der Waals surface area contributed by atoms with Gasteiger partial charge in [0, 0.05) is 48.8 Å². The Bertz CT molecular complexity index is 2320. The van der Waals surface area contributed by atoms with Crippen LogP contribution in [-0.4, -0.2) is 146 Å². The number of Topliss-reactive ketones (excluding diaryl/α,β-unsaturated/α-hetero) is 3. The molecule has 1 saturated carbocycles. The van der Waals surface area contributed by atoms with Crippen molar-refractivity contribution in [1.82, 2.24) is 0 Å². The number of phenols is 1. The molecule has 0 amide bonds. The molecule has 0 aromatic heterocycles. The molecule has 17 atom stereocenters. The third kappa shape index (κ3) is 8.67. The van der Waals surface area contributed by atoms with Crippen molar-refractivity contribution < 1.29 is 87.0 Å². The van der Waals surface area contributed by atoms with Crippen LogP contribution in [0.15, 0.2) is 59.7 Å². The highest BCUT2D eigenvalue weighted by atomic mass is 16.7. The molecule has 8 aliphatic rings. The van der Waals surface area contributed by atoms with Crippen LogP contribution < -0.4 is 0 Å². The third-order valence-electron chi connectivity index (χ3n) is 14.4. The molecule has 3 saturated heterocycles. The second-order valence-corrected chi connectivity index (χ2v) is 19.3. The molecule has 1 aromatic carbocycles. The fourth-order valence-electron chi connectivity index (χ4n) is 10.7. The molecule has 9 rings (SSSR count). The number of aliphatic hydroxyl groups excluding tert-OH is 1. The summed E-state index contributed by atoms with van der Waals surface area (Å²) in [5.74, 6) is -3.57. The van der Waals surface area contributed by atoms with E-state index in [1.807, 2.05) is 6.92 Å². The van der Waals surface area contributed by atoms with Crippen LogP contribution in [0.1, 0.15) is 119 Å². The van der Waals surface area contributed by atoms with Crippen molar-refractivity contribution in [2.45, 2.75) is 189 Å². The van der Waals surface area contributed by atoms with Crippen LogP contribution in [-0.2, 0) is 57.0 Å². The van der Waals surface area contributed by atoms with E-state index in [0.29, 0.717) is 25.7 Å². The lowest BCUT2D eigenvalue weighted by Crippen LogP contribution is -2.69. The molecular formula is C49H58O18. The van der Waals surface area contributed by atoms with E-state index in [0.717, 1.165) is 6.08 Å². The van der Waals surface area contributed by atoms with Gasteiger partial charge in [-0.15, -0.1) is 0 Å². The maximum Gasteiger partial charge on any atom is 0.198 e. The predicted octanol–water partition coefficient (Wildman–Crippen LogP) is 3.39. The summed E-state index contributed by atoms with van der Waals surface area (Å²) in [7, 11) is 0. The van der Waals surface area contributed by atoms with Crippen molar-refractivity contribution >= 4 is 28.9 Å². The molecule has 5 aliphatic heterocycles. The molecule has 1 aromatic rings. The molecule has 362 valence electrons. The minimum Gasteiger partial charge on any atom is -0.507 e. The van der Waals surface area contributed by atoms with E-state index >= 15 is 0 Å². The molecule has 18 nitrogen and oxygen atoms in total. The number of ether oxygens (including phenoxy) is 9. The van der Waals surface area contributed by atoms with Crippen molar-refractivity contribution in [2.24, 2.45) is 0 Å². The quantitative estimate of drug-likeness (QED) is 0.277. The summed E-state index contributed by atoms with van der Waals surface area (Å²) in [5, 5.41) is 47.6. The van der Waals surface area contributed by atoms with Gasteiger partial charge in [-0.2, -0.15) is 0 Å². The van der Waals surface area contributed by atoms with Gasteiger partial charge < -0.3 is 63.1 Å². The number of fused-ring (bicyclic) bond motifs is 3. The SMILES string of the molecule is C[C@@H]1O[C@@H](O[C@H]2CC[C@H](O[C@H]3[C@H](O)C[C@H](c4ccc5c(c4O)C(=O)C4=C(C5=O)[C@@]5(O)C(=O)C[C@](C)(O[C@H]6CC[C@H](O[C@H]7C=CC(=O)[C@H](C)O7)[C@H](C)O6)C[C@@]5(O)C=C4)O[C@@H]3C)O[C@H]2C)C=CC1=O. The lowest BCUT2D eigenvalue weighted by Gasteiger charge is -2.53. The van der Waals surface area contributed by atoms with Crippen molar-refractivity contribution in [1.29, 1.82) is 0 Å². The van der Waals surface area contributed by atoms with Gasteiger partial charge in [-0.3, -0.25) is 24.0 Å². The average molecular weight is 935 g/mol. The van der Waals surface area contributed by atoms with Crippen molar-refractivity contribution in [3.8, 4) is 5.75 Å². The number of benzene rings is 1. The first kappa shape index (κ1) is 47.9. The highest BCUT2D eigenvalue weighted by Gasteiger charge is 2.67. The Morgan fingerprint density at radius 2 is 1.30 bits per heavy atom. The van der Waals surface area contributed by atoms with E-state index in [9.17, 15) is 44.4 Å². The standard InChI is InChI=1S/C49H58O18/c1-22-30(50)9-13-37(60-22)64-33-11-15-39(62-24(33)3)66-46-26(5)59-35(19-32(46)52)27-7-8-28-41(43(27)54)44(55)29-17-18-48(57)21-47(6,20-36(53)49(48,58)42(29)45(28)56)67-40-16-12-34(25(4)63-40)65-38-14-10-31(51)23(2)61-38/h7-10,13-14,17-18,22-26,32-35,37-40,46,52,54,57-58H,11-12,15-16,19-21H2,1-6H3/t22-,23-,24-,25-,26+,32+,33-,34-,35+,37-,38-,39-,40-,46+,47-,48-,49-/m0/s1. The maximum atomic E-state index is 14.4. The first-order valence-corrected chi connectivity index (χ1v) is 23.1. The highest BCUT2D eigenvalue weighted by molar-refractivity contribution is 6.32. The van der Waals surface area contributed by atoms with E-state index in [1.165, 1.54) is 30.4 Å². The molecule has 0 spiro atoms. The highest BCUT2D eigenvalue weighted by Crippen LogP contribution is 2.53. The Morgan fingerprint density at radius 1 is 0.701 bits per heavy atom. The maximum absolute atomic E-state index is 14.4. The zero-order valence-corrected chi connectivity index (χ0v) is 38.2. The molecule has 5 heterocycles. The first-order valence-electron chi connectivity index (χ1n) is 23.1. The van der Waals surface area contributed by atoms with Gasteiger partial charge in [0.2, 0.25) is 0 Å². The molecule has 0 unspecified atom stereocenters. The number of hydrogen-bond donors (Lipinski definition) is 4. The monoisotopic (exact) mass is 934 g/mol. The summed E-state index contributed by atoms with van der Waals surface area (Å²) in [6.07, 6.45) is -0.115. The second kappa shape index (κ2) is 18.0. The van der Waals surface area contributed by atoms with Crippen molar-refractivity contribution in [2.75, 3.05) is 0 Å². The number of rotatable bonds is 9. The topological polar surface area (TPSA) is 249 Å². The third-order valence-corrected chi connectivity index (χ3v) is 14.4. The Kier molecular flexibility index (Phi) is 12.9. The number of ketones is 5. The second-order valence-electron chi connectivity index (χ2n) is 19.3. The smallest absolute Gasteiger partial charge is 0.198 e. The van der Waals surface area contributed by atoms with Crippen LogP contribution in [0.2, 0.25) is 0 Å². The summed E-state index contributed by atoms with van der Waals surface area (Å²) in [6.45, 7) is 10.2. The van der Waals surface area contributed by atoms with Gasteiger partial charge in [0.1, 0.15) is 29.7 Å². The van der Waals surface area contributed by atoms with Crippen molar-refractivity contribution in [3.05, 3.63) is 76.4 Å². The molecule has 0 bridgehead atoms. The predicted molar refractivity (Wildman–Crippen MR) is 229 cm³/mol. The van der Waals surface area contributed by atoms with E-state index in [4.69, 9.17) is 42.6 Å². The fraction of sp³-hybridized carbons (Fsp3) is 0.612. The number of allylic oxidation sites excluding steroid dienone is 2. The summed E-state index contributed by atoms with van der Waals surface area (Å²) < 4.78 is 54.4. The minimum absolute atomic E-state index is 0.0512. The van der Waals surface area contributed by atoms with Crippen molar-refractivity contribution in [3.63, 3.8) is 0 Å². The van der Waals surface area contributed by atoms with E-state index in [2.05, 4.69) is 0 Å². The number of aliphatic hydroxyl groups is 3. The number of carbonyl (C=O) groups is 5. The van der Waals surface area contributed by atoms with Gasteiger partial charge in [0.25, 0.3) is 0 Å². The Hall–Kier alpha value is -4.15. The van der Waals surface area contributed by atoms with Gasteiger partial charge in [0.15, 0.2) is 59.7 Å². The minimum atomic E-state index is -2.83. The first-order chi connectivity index (χ1) is 31.7. The number of hydrogen-bond acceptors (Lipinski definition) is 18. The van der Waals surface area contributed by atoms with Gasteiger partial charge in [-0.1, -0.05) is 12.1 Å². The van der Waals surface area contributed by atoms with E-state index in [1.54, 1.807) is 46.8 Å². The zero-order valence-electron chi connectivity index (χ0n) is 38.2. The lowest BCUT2D eigenvalue weighted by molar-refractivity contribution is -0.292. The van der Waals surface area contributed by atoms with Gasteiger partial charge in [-0.25, -0.2) is 0 Å². The van der Waals surface area contributed by atoms with Crippen LogP contribution in [0.25, 0.3) is 0 Å². The Morgan fingerprint density at radius 3 is 1.88 bits per heavy atom. The molecule has 4 N–H and O–H groups in total. The largest absolute Gasteiger partial charge is 0.507 e.